The van der Waals surface area contributed by atoms with Gasteiger partial charge in [0.05, 0.1) is 19.9 Å². The third-order valence-corrected chi connectivity index (χ3v) is 3.45. The van der Waals surface area contributed by atoms with Crippen molar-refractivity contribution in [2.24, 2.45) is 0 Å². The zero-order valence-corrected chi connectivity index (χ0v) is 14.3. The molecule has 0 unspecified atom stereocenters. The lowest BCUT2D eigenvalue weighted by molar-refractivity contribution is -0.112. The monoisotopic (exact) mass is 337 g/mol. The number of nitriles is 1. The number of methoxy groups -OCH3 is 2. The van der Waals surface area contributed by atoms with E-state index in [1.807, 2.05) is 37.3 Å². The molecule has 0 aliphatic heterocycles. The minimum Gasteiger partial charge on any atom is -0.497 e. The van der Waals surface area contributed by atoms with Gasteiger partial charge in [-0.1, -0.05) is 17.7 Å². The summed E-state index contributed by atoms with van der Waals surface area (Å²) in [6.45, 7) is 1.98. The Balaban J connectivity index is 2.16. The largest absolute Gasteiger partial charge is 0.497 e. The van der Waals surface area contributed by atoms with Crippen LogP contribution in [0.25, 0.3) is 0 Å². The van der Waals surface area contributed by atoms with Crippen LogP contribution in [-0.4, -0.2) is 20.1 Å². The molecular weight excluding hydrogens is 318 g/mol. The standard InChI is InChI=1S/C19H19N3O3/c1-13-4-6-15(7-5-13)21-12-14(11-20)19(23)22-17-10-16(24-2)8-9-18(17)25-3/h4-10,12,21H,1-3H3,(H,22,23)/b14-12-. The van der Waals surface area contributed by atoms with Crippen LogP contribution in [0.3, 0.4) is 0 Å². The highest BCUT2D eigenvalue weighted by Crippen LogP contribution is 2.29. The molecule has 25 heavy (non-hydrogen) atoms. The molecule has 0 saturated heterocycles. The predicted molar refractivity (Wildman–Crippen MR) is 96.7 cm³/mol. The van der Waals surface area contributed by atoms with Crippen LogP contribution in [0.4, 0.5) is 11.4 Å². The minimum absolute atomic E-state index is 0.0644. The third-order valence-electron chi connectivity index (χ3n) is 3.45. The Labute approximate surface area is 146 Å². The number of amides is 1. The second-order valence-corrected chi connectivity index (χ2v) is 5.20. The number of hydrogen-bond donors (Lipinski definition) is 2. The van der Waals surface area contributed by atoms with Gasteiger partial charge >= 0.3 is 0 Å². The van der Waals surface area contributed by atoms with E-state index in [0.717, 1.165) is 11.3 Å². The Morgan fingerprint density at radius 1 is 1.12 bits per heavy atom. The highest BCUT2D eigenvalue weighted by molar-refractivity contribution is 6.07. The van der Waals surface area contributed by atoms with Crippen molar-refractivity contribution in [3.63, 3.8) is 0 Å². The van der Waals surface area contributed by atoms with E-state index in [-0.39, 0.29) is 5.57 Å². The van der Waals surface area contributed by atoms with Crippen molar-refractivity contribution < 1.29 is 14.3 Å². The lowest BCUT2D eigenvalue weighted by Crippen LogP contribution is -2.15. The van der Waals surface area contributed by atoms with Gasteiger partial charge in [-0.15, -0.1) is 0 Å². The van der Waals surface area contributed by atoms with Gasteiger partial charge in [0.2, 0.25) is 0 Å². The molecule has 0 aliphatic carbocycles. The molecule has 2 aromatic carbocycles. The van der Waals surface area contributed by atoms with Crippen LogP contribution in [0, 0.1) is 18.3 Å². The molecule has 0 heterocycles. The number of ether oxygens (including phenoxy) is 2. The Kier molecular flexibility index (Phi) is 6.02. The molecule has 2 rings (SSSR count). The zero-order valence-electron chi connectivity index (χ0n) is 14.3. The van der Waals surface area contributed by atoms with Gasteiger partial charge in [-0.25, -0.2) is 0 Å². The number of nitrogens with one attached hydrogen (secondary N) is 2. The lowest BCUT2D eigenvalue weighted by Gasteiger charge is -2.11. The fraction of sp³-hybridized carbons (Fsp3) is 0.158. The number of hydrogen-bond acceptors (Lipinski definition) is 5. The summed E-state index contributed by atoms with van der Waals surface area (Å²) in [7, 11) is 3.02. The van der Waals surface area contributed by atoms with Crippen LogP contribution in [0.15, 0.2) is 54.2 Å². The predicted octanol–water partition coefficient (Wildman–Crippen LogP) is 3.47. The fourth-order valence-corrected chi connectivity index (χ4v) is 2.06. The van der Waals surface area contributed by atoms with Crippen molar-refractivity contribution in [1.82, 2.24) is 0 Å². The van der Waals surface area contributed by atoms with E-state index in [1.165, 1.54) is 20.4 Å². The van der Waals surface area contributed by atoms with Gasteiger partial charge in [0, 0.05) is 18.0 Å². The van der Waals surface area contributed by atoms with E-state index < -0.39 is 5.91 Å². The van der Waals surface area contributed by atoms with Crippen LogP contribution < -0.4 is 20.1 Å². The maximum absolute atomic E-state index is 12.3. The van der Waals surface area contributed by atoms with Gasteiger partial charge in [-0.3, -0.25) is 4.79 Å². The highest BCUT2D eigenvalue weighted by atomic mass is 16.5. The first kappa shape index (κ1) is 17.9. The first-order valence-electron chi connectivity index (χ1n) is 7.54. The molecule has 1 amide bonds. The second kappa shape index (κ2) is 8.41. The van der Waals surface area contributed by atoms with Crippen molar-refractivity contribution >= 4 is 17.3 Å². The summed E-state index contributed by atoms with van der Waals surface area (Å²) in [6, 6.07) is 14.5. The molecule has 2 aromatic rings. The SMILES string of the molecule is COc1ccc(OC)c(NC(=O)/C(C#N)=C\Nc2ccc(C)cc2)c1. The average Bonchev–Trinajstić information content (AvgIpc) is 2.63. The summed E-state index contributed by atoms with van der Waals surface area (Å²) in [4.78, 5) is 12.3. The molecule has 0 saturated carbocycles. The summed E-state index contributed by atoms with van der Waals surface area (Å²) in [5.74, 6) is 0.489. The van der Waals surface area contributed by atoms with E-state index in [2.05, 4.69) is 10.6 Å². The van der Waals surface area contributed by atoms with E-state index in [4.69, 9.17) is 9.47 Å². The van der Waals surface area contributed by atoms with Crippen LogP contribution in [-0.2, 0) is 4.79 Å². The van der Waals surface area contributed by atoms with E-state index in [0.29, 0.717) is 17.2 Å². The van der Waals surface area contributed by atoms with Gasteiger partial charge in [0.15, 0.2) is 0 Å². The number of benzene rings is 2. The molecule has 0 fully saturated rings. The summed E-state index contributed by atoms with van der Waals surface area (Å²) in [5, 5.41) is 14.8. The number of aryl methyl sites for hydroxylation is 1. The normalized spacial score (nSPS) is 10.6. The molecule has 6 nitrogen and oxygen atoms in total. The van der Waals surface area contributed by atoms with Crippen LogP contribution >= 0.6 is 0 Å². The molecular formula is C19H19N3O3. The fourth-order valence-electron chi connectivity index (χ4n) is 2.06. The number of nitrogens with zero attached hydrogens (tertiary/aromatic N) is 1. The highest BCUT2D eigenvalue weighted by Gasteiger charge is 2.13. The van der Waals surface area contributed by atoms with Crippen molar-refractivity contribution in [3.8, 4) is 17.6 Å². The van der Waals surface area contributed by atoms with Crippen LogP contribution in [0.2, 0.25) is 0 Å². The van der Waals surface area contributed by atoms with Gasteiger partial charge in [0.25, 0.3) is 5.91 Å². The van der Waals surface area contributed by atoms with Gasteiger partial charge in [-0.05, 0) is 31.2 Å². The molecule has 0 radical (unpaired) electrons. The van der Waals surface area contributed by atoms with Gasteiger partial charge < -0.3 is 20.1 Å². The van der Waals surface area contributed by atoms with Crippen molar-refractivity contribution in [3.05, 3.63) is 59.8 Å². The van der Waals surface area contributed by atoms with Crippen molar-refractivity contribution in [1.29, 1.82) is 5.26 Å². The van der Waals surface area contributed by atoms with Crippen molar-refractivity contribution in [2.45, 2.75) is 6.92 Å². The summed E-state index contributed by atoms with van der Waals surface area (Å²) >= 11 is 0. The average molecular weight is 337 g/mol. The number of rotatable bonds is 6. The molecule has 0 aliphatic rings. The van der Waals surface area contributed by atoms with Crippen LogP contribution in [0.1, 0.15) is 5.56 Å². The first-order valence-corrected chi connectivity index (χ1v) is 7.54. The van der Waals surface area contributed by atoms with Gasteiger partial charge in [0.1, 0.15) is 23.1 Å². The molecule has 0 bridgehead atoms. The Bertz CT molecular complexity index is 821. The molecule has 6 heteroatoms. The van der Waals surface area contributed by atoms with Crippen molar-refractivity contribution in [2.75, 3.05) is 24.9 Å². The number of carbonyl (C=O) groups excluding carboxylic acids is 1. The van der Waals surface area contributed by atoms with Gasteiger partial charge in [-0.2, -0.15) is 5.26 Å². The summed E-state index contributed by atoms with van der Waals surface area (Å²) in [5.41, 5.74) is 2.26. The zero-order chi connectivity index (χ0) is 18.2. The Morgan fingerprint density at radius 3 is 2.44 bits per heavy atom. The van der Waals surface area contributed by atoms with E-state index >= 15 is 0 Å². The maximum atomic E-state index is 12.3. The third kappa shape index (κ3) is 4.75. The Hall–Kier alpha value is -3.46. The number of anilines is 2. The first-order chi connectivity index (χ1) is 12.1. The second-order valence-electron chi connectivity index (χ2n) is 5.20. The number of carbonyl (C=O) groups is 1. The molecule has 2 N–H and O–H groups in total. The minimum atomic E-state index is -0.548. The molecule has 0 spiro atoms. The molecule has 0 atom stereocenters. The lowest BCUT2D eigenvalue weighted by atomic mass is 10.2. The topological polar surface area (TPSA) is 83.4 Å². The summed E-state index contributed by atoms with van der Waals surface area (Å²) < 4.78 is 10.4. The Morgan fingerprint density at radius 2 is 1.84 bits per heavy atom. The van der Waals surface area contributed by atoms with Crippen LogP contribution in [0.5, 0.6) is 11.5 Å². The maximum Gasteiger partial charge on any atom is 0.267 e. The van der Waals surface area contributed by atoms with E-state index in [1.54, 1.807) is 18.2 Å². The smallest absolute Gasteiger partial charge is 0.267 e. The summed E-state index contributed by atoms with van der Waals surface area (Å²) in [6.07, 6.45) is 1.37. The molecule has 0 aromatic heterocycles. The van der Waals surface area contributed by atoms with E-state index in [9.17, 15) is 10.1 Å². The molecule has 128 valence electrons. The quantitative estimate of drug-likeness (QED) is 0.623.